The van der Waals surface area contributed by atoms with Crippen LogP contribution < -0.4 is 0 Å². The molecule has 1 N–H and O–H groups in total. The molecule has 0 aliphatic heterocycles. The molecule has 3 rings (SSSR count). The molecule has 0 bridgehead atoms. The highest BCUT2D eigenvalue weighted by Crippen LogP contribution is 2.48. The second-order valence-corrected chi connectivity index (χ2v) is 7.20. The van der Waals surface area contributed by atoms with Gasteiger partial charge in [0.2, 0.25) is 0 Å². The fourth-order valence-electron chi connectivity index (χ4n) is 4.29. The molecular formula is C26H38O. The maximum absolute atomic E-state index is 10.7. The van der Waals surface area contributed by atoms with Crippen molar-refractivity contribution < 1.29 is 5.11 Å². The van der Waals surface area contributed by atoms with Crippen LogP contribution in [0.3, 0.4) is 0 Å². The average molecular weight is 367 g/mol. The molecule has 0 aromatic heterocycles. The van der Waals surface area contributed by atoms with E-state index in [4.69, 9.17) is 0 Å². The summed E-state index contributed by atoms with van der Waals surface area (Å²) in [6, 6.07) is 11.0. The zero-order valence-electron chi connectivity index (χ0n) is 17.5. The van der Waals surface area contributed by atoms with Gasteiger partial charge in [0.25, 0.3) is 0 Å². The molecule has 1 aliphatic rings. The molecule has 0 saturated carbocycles. The van der Waals surface area contributed by atoms with Crippen molar-refractivity contribution in [2.24, 2.45) is 5.92 Å². The number of allylic oxidation sites excluding steroid dienone is 1. The molecular weight excluding hydrogens is 328 g/mol. The summed E-state index contributed by atoms with van der Waals surface area (Å²) in [6.07, 6.45) is 4.14. The molecule has 0 fully saturated rings. The molecule has 148 valence electrons. The minimum Gasteiger partial charge on any atom is -0.512 e. The number of fused-ring (bicyclic) bond motifs is 1. The maximum atomic E-state index is 10.7. The summed E-state index contributed by atoms with van der Waals surface area (Å²) in [4.78, 5) is 0. The Balaban J connectivity index is 0.00000118. The van der Waals surface area contributed by atoms with Crippen molar-refractivity contribution in [3.05, 3.63) is 63.9 Å². The largest absolute Gasteiger partial charge is 0.512 e. The van der Waals surface area contributed by atoms with E-state index in [1.54, 1.807) is 0 Å². The Kier molecular flexibility index (Phi) is 8.34. The summed E-state index contributed by atoms with van der Waals surface area (Å²) in [5, 5.41) is 10.7. The first kappa shape index (κ1) is 23.0. The molecule has 0 amide bonds. The normalized spacial score (nSPS) is 14.8. The second-order valence-electron chi connectivity index (χ2n) is 7.20. The fourth-order valence-corrected chi connectivity index (χ4v) is 4.29. The Labute approximate surface area is 167 Å². The van der Waals surface area contributed by atoms with Gasteiger partial charge in [-0.15, -0.1) is 0 Å². The molecule has 1 atom stereocenters. The lowest BCUT2D eigenvalue weighted by Crippen LogP contribution is -2.13. The molecule has 0 radical (unpaired) electrons. The van der Waals surface area contributed by atoms with Crippen LogP contribution in [0.25, 0.3) is 17.2 Å². The topological polar surface area (TPSA) is 20.2 Å². The lowest BCUT2D eigenvalue weighted by molar-refractivity contribution is 0.313. The molecule has 0 saturated heterocycles. The zero-order chi connectivity index (χ0) is 19.4. The van der Waals surface area contributed by atoms with Gasteiger partial charge in [-0.3, -0.25) is 0 Å². The molecule has 0 heterocycles. The van der Waals surface area contributed by atoms with Gasteiger partial charge in [0.05, 0.1) is 0 Å². The third-order valence-corrected chi connectivity index (χ3v) is 5.59. The summed E-state index contributed by atoms with van der Waals surface area (Å²) in [6.45, 7) is 15.0. The molecule has 1 heteroatoms. The number of hydrogen-bond donors (Lipinski definition) is 1. The maximum Gasteiger partial charge on any atom is 0.101 e. The zero-order valence-corrected chi connectivity index (χ0v) is 17.5. The van der Waals surface area contributed by atoms with Crippen LogP contribution in [-0.2, 0) is 0 Å². The second kappa shape index (κ2) is 9.78. The predicted octanol–water partition coefficient (Wildman–Crippen LogP) is 8.37. The SMILES string of the molecule is C.CC.CCC(CC)C1C(O)=Cc2ccc(C)c(-c3ccc(C)cc3C)c21. The van der Waals surface area contributed by atoms with Crippen LogP contribution in [0.4, 0.5) is 0 Å². The van der Waals surface area contributed by atoms with Gasteiger partial charge in [0, 0.05) is 5.92 Å². The molecule has 1 aliphatic carbocycles. The van der Waals surface area contributed by atoms with Gasteiger partial charge in [-0.2, -0.15) is 0 Å². The van der Waals surface area contributed by atoms with Crippen molar-refractivity contribution in [1.82, 2.24) is 0 Å². The number of benzene rings is 2. The van der Waals surface area contributed by atoms with Crippen molar-refractivity contribution in [3.8, 4) is 11.1 Å². The van der Waals surface area contributed by atoms with Gasteiger partial charge in [0.1, 0.15) is 5.76 Å². The van der Waals surface area contributed by atoms with Crippen LogP contribution in [0.5, 0.6) is 0 Å². The molecule has 0 spiro atoms. The van der Waals surface area contributed by atoms with Crippen LogP contribution in [0, 0.1) is 26.7 Å². The van der Waals surface area contributed by atoms with E-state index in [-0.39, 0.29) is 13.3 Å². The van der Waals surface area contributed by atoms with E-state index in [9.17, 15) is 5.11 Å². The lowest BCUT2D eigenvalue weighted by atomic mass is 9.78. The highest BCUT2D eigenvalue weighted by molar-refractivity contribution is 5.82. The van der Waals surface area contributed by atoms with E-state index in [2.05, 4.69) is 65.0 Å². The van der Waals surface area contributed by atoms with Crippen LogP contribution in [0.1, 0.15) is 81.7 Å². The van der Waals surface area contributed by atoms with Crippen molar-refractivity contribution >= 4 is 6.08 Å². The van der Waals surface area contributed by atoms with Gasteiger partial charge < -0.3 is 5.11 Å². The summed E-state index contributed by atoms with van der Waals surface area (Å²) >= 11 is 0. The first-order valence-corrected chi connectivity index (χ1v) is 10.1. The Hall–Kier alpha value is -2.02. The summed E-state index contributed by atoms with van der Waals surface area (Å²) in [7, 11) is 0. The number of hydrogen-bond acceptors (Lipinski definition) is 1. The Morgan fingerprint density at radius 3 is 2.11 bits per heavy atom. The quantitative estimate of drug-likeness (QED) is 0.576. The third-order valence-electron chi connectivity index (χ3n) is 5.59. The molecule has 2 aromatic rings. The first-order chi connectivity index (χ1) is 12.5. The molecule has 1 unspecified atom stereocenters. The van der Waals surface area contributed by atoms with Gasteiger partial charge in [-0.05, 0) is 66.1 Å². The van der Waals surface area contributed by atoms with E-state index >= 15 is 0 Å². The summed E-state index contributed by atoms with van der Waals surface area (Å²) < 4.78 is 0. The first-order valence-electron chi connectivity index (χ1n) is 10.1. The van der Waals surface area contributed by atoms with Crippen LogP contribution in [0.2, 0.25) is 0 Å². The smallest absolute Gasteiger partial charge is 0.101 e. The van der Waals surface area contributed by atoms with Crippen LogP contribution >= 0.6 is 0 Å². The highest BCUT2D eigenvalue weighted by Gasteiger charge is 2.33. The third kappa shape index (κ3) is 4.29. The average Bonchev–Trinajstić information content (AvgIpc) is 2.95. The molecule has 2 aromatic carbocycles. The van der Waals surface area contributed by atoms with Crippen molar-refractivity contribution in [2.75, 3.05) is 0 Å². The Morgan fingerprint density at radius 1 is 0.926 bits per heavy atom. The minimum absolute atomic E-state index is 0. The Bertz CT molecular complexity index is 794. The highest BCUT2D eigenvalue weighted by atomic mass is 16.3. The standard InChI is InChI=1S/C23H28O.C2H6.CH4/c1-6-17(7-2)22-20(24)13-18-10-9-15(4)21(23(18)22)19-11-8-14(3)12-16(19)5;1-2;/h8-13,17,22,24H,6-7H2,1-5H3;1-2H3;1H4. The summed E-state index contributed by atoms with van der Waals surface area (Å²) in [5.41, 5.74) is 9.02. The van der Waals surface area contributed by atoms with Gasteiger partial charge in [-0.25, -0.2) is 0 Å². The van der Waals surface area contributed by atoms with Crippen molar-refractivity contribution in [1.29, 1.82) is 0 Å². The van der Waals surface area contributed by atoms with Gasteiger partial charge in [0.15, 0.2) is 0 Å². The van der Waals surface area contributed by atoms with E-state index in [0.717, 1.165) is 12.8 Å². The molecule has 1 nitrogen and oxygen atoms in total. The van der Waals surface area contributed by atoms with E-state index < -0.39 is 0 Å². The molecule has 27 heavy (non-hydrogen) atoms. The number of aryl methyl sites for hydroxylation is 3. The van der Waals surface area contributed by atoms with Gasteiger partial charge in [-0.1, -0.05) is 83.9 Å². The number of aliphatic hydroxyl groups is 1. The van der Waals surface area contributed by atoms with E-state index in [0.29, 0.717) is 11.7 Å². The predicted molar refractivity (Wildman–Crippen MR) is 122 cm³/mol. The minimum atomic E-state index is 0. The number of aliphatic hydroxyl groups excluding tert-OH is 1. The summed E-state index contributed by atoms with van der Waals surface area (Å²) in [5.74, 6) is 1.15. The van der Waals surface area contributed by atoms with Gasteiger partial charge >= 0.3 is 0 Å². The van der Waals surface area contributed by atoms with E-state index in [1.807, 2.05) is 19.9 Å². The Morgan fingerprint density at radius 2 is 1.56 bits per heavy atom. The van der Waals surface area contributed by atoms with E-state index in [1.165, 1.54) is 38.9 Å². The fraction of sp³-hybridized carbons (Fsp3) is 0.462. The number of rotatable bonds is 4. The van der Waals surface area contributed by atoms with Crippen molar-refractivity contribution in [2.45, 2.75) is 74.7 Å². The lowest BCUT2D eigenvalue weighted by Gasteiger charge is -2.26. The van der Waals surface area contributed by atoms with Crippen molar-refractivity contribution in [3.63, 3.8) is 0 Å². The van der Waals surface area contributed by atoms with Crippen LogP contribution in [-0.4, -0.2) is 5.11 Å². The monoisotopic (exact) mass is 366 g/mol. The van der Waals surface area contributed by atoms with Crippen LogP contribution in [0.15, 0.2) is 36.1 Å².